The molecule has 1 N–H and O–H groups in total. The number of nitrogens with zero attached hydrogens (tertiary/aromatic N) is 5. The maximum atomic E-state index is 14.4. The fourth-order valence-electron chi connectivity index (χ4n) is 3.76. The molecule has 0 radical (unpaired) electrons. The van der Waals surface area contributed by atoms with Gasteiger partial charge in [-0.15, -0.1) is 10.2 Å². The van der Waals surface area contributed by atoms with Crippen molar-refractivity contribution in [2.45, 2.75) is 26.3 Å². The van der Waals surface area contributed by atoms with Crippen molar-refractivity contribution in [1.29, 1.82) is 0 Å². The fraction of sp³-hybridized carbons (Fsp3) is 0.238. The summed E-state index contributed by atoms with van der Waals surface area (Å²) in [5, 5.41) is 11.2. The Kier molecular flexibility index (Phi) is 4.68. The Balaban J connectivity index is 1.51. The summed E-state index contributed by atoms with van der Waals surface area (Å²) in [5.41, 5.74) is 3.28. The highest BCUT2D eigenvalue weighted by Gasteiger charge is 2.20. The summed E-state index contributed by atoms with van der Waals surface area (Å²) in [6.45, 7) is 2.50. The van der Waals surface area contributed by atoms with Crippen LogP contribution in [0.4, 0.5) is 19.1 Å². The zero-order valence-corrected chi connectivity index (χ0v) is 16.4. The lowest BCUT2D eigenvalue weighted by molar-refractivity contribution is 0.146. The summed E-state index contributed by atoms with van der Waals surface area (Å²) >= 11 is 0. The molecule has 1 aromatic carbocycles. The molecule has 0 unspecified atom stereocenters. The van der Waals surface area contributed by atoms with Crippen LogP contribution in [0.15, 0.2) is 36.9 Å². The van der Waals surface area contributed by atoms with Gasteiger partial charge in [-0.25, -0.2) is 18.2 Å². The van der Waals surface area contributed by atoms with Gasteiger partial charge in [0.05, 0.1) is 6.61 Å². The van der Waals surface area contributed by atoms with Crippen LogP contribution in [0, 0.1) is 12.7 Å². The first-order valence-corrected chi connectivity index (χ1v) is 9.63. The van der Waals surface area contributed by atoms with Gasteiger partial charge in [0.15, 0.2) is 5.65 Å². The van der Waals surface area contributed by atoms with E-state index in [2.05, 4.69) is 25.5 Å². The summed E-state index contributed by atoms with van der Waals surface area (Å²) in [6, 6.07) is 4.36. The quantitative estimate of drug-likeness (QED) is 0.517. The molecule has 4 heterocycles. The van der Waals surface area contributed by atoms with Gasteiger partial charge >= 0.3 is 0 Å². The minimum Gasteiger partial charge on any atom is -0.493 e. The van der Waals surface area contributed by atoms with Gasteiger partial charge in [0, 0.05) is 42.0 Å². The Morgan fingerprint density at radius 1 is 1.19 bits per heavy atom. The second-order valence-corrected chi connectivity index (χ2v) is 7.20. The number of hydrogen-bond donors (Lipinski definition) is 1. The molecule has 0 aliphatic carbocycles. The van der Waals surface area contributed by atoms with Crippen LogP contribution in [-0.4, -0.2) is 31.2 Å². The molecule has 0 bridgehead atoms. The number of alkyl halides is 2. The number of rotatable bonds is 5. The van der Waals surface area contributed by atoms with Crippen LogP contribution < -0.4 is 10.1 Å². The first-order valence-electron chi connectivity index (χ1n) is 9.63. The third kappa shape index (κ3) is 3.33. The average molecular weight is 426 g/mol. The number of pyridine rings is 1. The minimum absolute atomic E-state index is 0.196. The monoisotopic (exact) mass is 426 g/mol. The van der Waals surface area contributed by atoms with Gasteiger partial charge in [-0.1, -0.05) is 0 Å². The molecule has 1 aliphatic rings. The molecule has 158 valence electrons. The standard InChI is InChI=1S/C21H17F3N6O/c1-11-7-25-17(19(23)24)6-13(11)15-9-27-21(30-10-28-29-20(15)30)26-8-14-12-4-5-31-18(12)3-2-16(14)22/h2-3,6-7,9-10,19H,4-5,8H2,1H3,(H,26,27). The summed E-state index contributed by atoms with van der Waals surface area (Å²) < 4.78 is 47.8. The maximum absolute atomic E-state index is 14.4. The normalized spacial score (nSPS) is 12.9. The average Bonchev–Trinajstić information content (AvgIpc) is 3.43. The van der Waals surface area contributed by atoms with E-state index in [0.29, 0.717) is 52.6 Å². The van der Waals surface area contributed by atoms with Crippen molar-refractivity contribution >= 4 is 11.6 Å². The van der Waals surface area contributed by atoms with E-state index in [4.69, 9.17) is 4.74 Å². The molecule has 0 amide bonds. The zero-order valence-electron chi connectivity index (χ0n) is 16.4. The van der Waals surface area contributed by atoms with Crippen LogP contribution in [0.2, 0.25) is 0 Å². The highest BCUT2D eigenvalue weighted by atomic mass is 19.3. The number of halogens is 3. The topological polar surface area (TPSA) is 77.2 Å². The Morgan fingerprint density at radius 2 is 2.06 bits per heavy atom. The molecule has 0 fully saturated rings. The summed E-state index contributed by atoms with van der Waals surface area (Å²) in [5.74, 6) is 0.778. The van der Waals surface area contributed by atoms with E-state index in [0.717, 1.165) is 5.56 Å². The molecule has 0 spiro atoms. The molecule has 31 heavy (non-hydrogen) atoms. The number of benzene rings is 1. The number of ether oxygens (including phenoxy) is 1. The van der Waals surface area contributed by atoms with Crippen LogP contribution in [0.1, 0.15) is 28.8 Å². The zero-order chi connectivity index (χ0) is 21.5. The third-order valence-corrected chi connectivity index (χ3v) is 5.33. The predicted molar refractivity (Wildman–Crippen MR) is 107 cm³/mol. The van der Waals surface area contributed by atoms with Gasteiger partial charge in [-0.05, 0) is 36.2 Å². The van der Waals surface area contributed by atoms with Crippen LogP contribution in [0.3, 0.4) is 0 Å². The lowest BCUT2D eigenvalue weighted by atomic mass is 10.0. The third-order valence-electron chi connectivity index (χ3n) is 5.33. The highest BCUT2D eigenvalue weighted by Crippen LogP contribution is 2.32. The maximum Gasteiger partial charge on any atom is 0.280 e. The van der Waals surface area contributed by atoms with Crippen molar-refractivity contribution in [1.82, 2.24) is 24.6 Å². The lowest BCUT2D eigenvalue weighted by Gasteiger charge is -2.13. The predicted octanol–water partition coefficient (Wildman–Crippen LogP) is 4.12. The van der Waals surface area contributed by atoms with Crippen molar-refractivity contribution < 1.29 is 17.9 Å². The number of anilines is 1. The van der Waals surface area contributed by atoms with Gasteiger partial charge in [0.1, 0.15) is 23.6 Å². The number of aryl methyl sites for hydroxylation is 1. The van der Waals surface area contributed by atoms with E-state index in [9.17, 15) is 13.2 Å². The van der Waals surface area contributed by atoms with Gasteiger partial charge in [0.2, 0.25) is 5.95 Å². The van der Waals surface area contributed by atoms with Crippen molar-refractivity contribution in [3.63, 3.8) is 0 Å². The number of fused-ring (bicyclic) bond motifs is 2. The van der Waals surface area contributed by atoms with Crippen molar-refractivity contribution in [2.75, 3.05) is 11.9 Å². The van der Waals surface area contributed by atoms with Crippen molar-refractivity contribution in [2.24, 2.45) is 0 Å². The summed E-state index contributed by atoms with van der Waals surface area (Å²) in [4.78, 5) is 8.20. The van der Waals surface area contributed by atoms with Crippen LogP contribution in [0.25, 0.3) is 16.8 Å². The first kappa shape index (κ1) is 19.3. The van der Waals surface area contributed by atoms with E-state index >= 15 is 0 Å². The molecule has 0 atom stereocenters. The smallest absolute Gasteiger partial charge is 0.280 e. The van der Waals surface area contributed by atoms with Gasteiger partial charge in [-0.3, -0.25) is 9.38 Å². The molecular formula is C21H17F3N6O. The Hall–Kier alpha value is -3.69. The Labute approximate surface area is 174 Å². The molecule has 0 saturated heterocycles. The second kappa shape index (κ2) is 7.53. The molecular weight excluding hydrogens is 409 g/mol. The fourth-order valence-corrected chi connectivity index (χ4v) is 3.76. The number of nitrogens with one attached hydrogen (secondary N) is 1. The van der Waals surface area contributed by atoms with E-state index in [-0.39, 0.29) is 18.1 Å². The van der Waals surface area contributed by atoms with Gasteiger partial charge in [0.25, 0.3) is 6.43 Å². The molecule has 7 nitrogen and oxygen atoms in total. The van der Waals surface area contributed by atoms with Gasteiger partial charge in [-0.2, -0.15) is 0 Å². The molecule has 4 aromatic rings. The number of aromatic nitrogens is 5. The van der Waals surface area contributed by atoms with Crippen molar-refractivity contribution in [3.8, 4) is 16.9 Å². The van der Waals surface area contributed by atoms with Crippen molar-refractivity contribution in [3.05, 3.63) is 65.1 Å². The molecule has 1 aliphatic heterocycles. The number of hydrogen-bond acceptors (Lipinski definition) is 6. The highest BCUT2D eigenvalue weighted by molar-refractivity contribution is 5.79. The first-order chi connectivity index (χ1) is 15.0. The van der Waals surface area contributed by atoms with Crippen LogP contribution in [-0.2, 0) is 13.0 Å². The minimum atomic E-state index is -2.69. The Morgan fingerprint density at radius 3 is 2.90 bits per heavy atom. The van der Waals surface area contributed by atoms with E-state index in [1.165, 1.54) is 24.7 Å². The van der Waals surface area contributed by atoms with Crippen LogP contribution >= 0.6 is 0 Å². The SMILES string of the molecule is Cc1cnc(C(F)F)cc1-c1cnc(NCc2c(F)ccc3c2CCO3)n2cnnc12. The largest absolute Gasteiger partial charge is 0.493 e. The Bertz CT molecular complexity index is 1290. The van der Waals surface area contributed by atoms with Crippen LogP contribution in [0.5, 0.6) is 5.75 Å². The summed E-state index contributed by atoms with van der Waals surface area (Å²) in [6.07, 6.45) is 2.36. The summed E-state index contributed by atoms with van der Waals surface area (Å²) in [7, 11) is 0. The molecule has 10 heteroatoms. The molecule has 0 saturated carbocycles. The van der Waals surface area contributed by atoms with E-state index in [1.54, 1.807) is 23.6 Å². The molecule has 5 rings (SSSR count). The lowest BCUT2D eigenvalue weighted by Crippen LogP contribution is -2.10. The van der Waals surface area contributed by atoms with E-state index < -0.39 is 6.43 Å². The van der Waals surface area contributed by atoms with Gasteiger partial charge < -0.3 is 10.1 Å². The van der Waals surface area contributed by atoms with E-state index in [1.807, 2.05) is 0 Å². The second-order valence-electron chi connectivity index (χ2n) is 7.20. The molecule has 3 aromatic heterocycles.